The van der Waals surface area contributed by atoms with Crippen LogP contribution in [0.1, 0.15) is 53.4 Å². The van der Waals surface area contributed by atoms with Crippen molar-refractivity contribution in [2.75, 3.05) is 13.1 Å². The quantitative estimate of drug-likeness (QED) is 0.815. The molecule has 1 aliphatic heterocycles. The molecule has 0 radical (unpaired) electrons. The molecule has 1 saturated heterocycles. The van der Waals surface area contributed by atoms with E-state index in [1.54, 1.807) is 0 Å². The van der Waals surface area contributed by atoms with Crippen LogP contribution in [0.3, 0.4) is 0 Å². The Morgan fingerprint density at radius 2 is 1.95 bits per heavy atom. The number of carbonyl (C=O) groups excluding carboxylic acids is 1. The van der Waals surface area contributed by atoms with Crippen LogP contribution in [-0.4, -0.2) is 41.1 Å². The second-order valence-corrected chi connectivity index (χ2v) is 6.39. The second-order valence-electron chi connectivity index (χ2n) is 6.39. The number of piperidine rings is 1. The molecule has 0 aliphatic carbocycles. The van der Waals surface area contributed by atoms with Gasteiger partial charge in [0.1, 0.15) is 6.04 Å². The van der Waals surface area contributed by atoms with Gasteiger partial charge in [0, 0.05) is 13.1 Å². The summed E-state index contributed by atoms with van der Waals surface area (Å²) in [4.78, 5) is 25.3. The Morgan fingerprint density at radius 3 is 2.45 bits per heavy atom. The van der Waals surface area contributed by atoms with Crippen LogP contribution < -0.4 is 5.32 Å². The first-order valence-corrected chi connectivity index (χ1v) is 7.60. The van der Waals surface area contributed by atoms with Crippen molar-refractivity contribution >= 4 is 12.0 Å². The molecule has 5 heteroatoms. The predicted molar refractivity (Wildman–Crippen MR) is 78.6 cm³/mol. The third-order valence-corrected chi connectivity index (χ3v) is 4.46. The fourth-order valence-electron chi connectivity index (χ4n) is 2.99. The molecule has 0 aromatic rings. The second kappa shape index (κ2) is 6.95. The van der Waals surface area contributed by atoms with Crippen molar-refractivity contribution in [1.82, 2.24) is 10.2 Å². The van der Waals surface area contributed by atoms with Gasteiger partial charge in [0.05, 0.1) is 0 Å². The van der Waals surface area contributed by atoms with E-state index in [4.69, 9.17) is 0 Å². The summed E-state index contributed by atoms with van der Waals surface area (Å²) in [6.45, 7) is 9.19. The number of rotatable bonds is 5. The van der Waals surface area contributed by atoms with Gasteiger partial charge in [-0.2, -0.15) is 0 Å². The van der Waals surface area contributed by atoms with Gasteiger partial charge in [0.2, 0.25) is 0 Å². The number of nitrogens with zero attached hydrogens (tertiary/aromatic N) is 1. The van der Waals surface area contributed by atoms with Gasteiger partial charge < -0.3 is 15.3 Å². The summed E-state index contributed by atoms with van der Waals surface area (Å²) in [5.74, 6) is -0.451. The molecule has 2 amide bonds. The van der Waals surface area contributed by atoms with E-state index in [9.17, 15) is 14.7 Å². The number of carbonyl (C=O) groups is 2. The molecule has 5 nitrogen and oxygen atoms in total. The summed E-state index contributed by atoms with van der Waals surface area (Å²) in [6, 6.07) is -0.977. The molecular formula is C15H28N2O3. The fourth-order valence-corrected chi connectivity index (χ4v) is 2.99. The highest BCUT2D eigenvalue weighted by Gasteiger charge is 2.44. The highest BCUT2D eigenvalue weighted by Crippen LogP contribution is 2.35. The Kier molecular flexibility index (Phi) is 5.84. The van der Waals surface area contributed by atoms with E-state index in [1.807, 2.05) is 13.8 Å². The lowest BCUT2D eigenvalue weighted by Gasteiger charge is -2.43. The maximum absolute atomic E-state index is 12.3. The lowest BCUT2D eigenvalue weighted by molar-refractivity contribution is -0.148. The number of carboxylic acid groups (broad SMARTS) is 1. The van der Waals surface area contributed by atoms with Crippen LogP contribution in [0.25, 0.3) is 0 Å². The van der Waals surface area contributed by atoms with Crippen LogP contribution in [0.2, 0.25) is 0 Å². The number of likely N-dealkylation sites (tertiary alicyclic amines) is 1. The predicted octanol–water partition coefficient (Wildman–Crippen LogP) is 2.71. The van der Waals surface area contributed by atoms with Crippen LogP contribution in [0, 0.1) is 11.3 Å². The topological polar surface area (TPSA) is 69.6 Å². The third-order valence-electron chi connectivity index (χ3n) is 4.46. The molecular weight excluding hydrogens is 256 g/mol. The number of carboxylic acids is 1. The Hall–Kier alpha value is -1.26. The summed E-state index contributed by atoms with van der Waals surface area (Å²) in [7, 11) is 0. The summed E-state index contributed by atoms with van der Waals surface area (Å²) in [6.07, 6.45) is 3.73. The van der Waals surface area contributed by atoms with Gasteiger partial charge in [-0.15, -0.1) is 0 Å². The average molecular weight is 284 g/mol. The molecule has 1 rings (SSSR count). The van der Waals surface area contributed by atoms with Gasteiger partial charge in [-0.1, -0.05) is 40.5 Å². The largest absolute Gasteiger partial charge is 0.480 e. The Morgan fingerprint density at radius 1 is 1.35 bits per heavy atom. The van der Waals surface area contributed by atoms with Crippen molar-refractivity contribution in [3.8, 4) is 0 Å². The van der Waals surface area contributed by atoms with Crippen LogP contribution >= 0.6 is 0 Å². The minimum Gasteiger partial charge on any atom is -0.480 e. The van der Waals surface area contributed by atoms with Gasteiger partial charge >= 0.3 is 12.0 Å². The zero-order valence-electron chi connectivity index (χ0n) is 13.1. The molecule has 1 fully saturated rings. The van der Waals surface area contributed by atoms with Crippen molar-refractivity contribution in [2.24, 2.45) is 11.3 Å². The maximum atomic E-state index is 12.3. The molecule has 1 aliphatic rings. The first kappa shape index (κ1) is 16.8. The van der Waals surface area contributed by atoms with E-state index < -0.39 is 12.0 Å². The molecule has 20 heavy (non-hydrogen) atoms. The number of hydrogen-bond acceptors (Lipinski definition) is 2. The van der Waals surface area contributed by atoms with E-state index in [-0.39, 0.29) is 11.4 Å². The van der Waals surface area contributed by atoms with Crippen molar-refractivity contribution in [2.45, 2.75) is 59.4 Å². The molecule has 0 aromatic heterocycles. The fraction of sp³-hybridized carbons (Fsp3) is 0.867. The molecule has 0 bridgehead atoms. The van der Waals surface area contributed by atoms with Crippen LogP contribution in [0.4, 0.5) is 4.79 Å². The van der Waals surface area contributed by atoms with E-state index in [0.717, 1.165) is 25.7 Å². The molecule has 116 valence electrons. The zero-order valence-corrected chi connectivity index (χ0v) is 13.1. The summed E-state index contributed by atoms with van der Waals surface area (Å²) >= 11 is 0. The smallest absolute Gasteiger partial charge is 0.327 e. The Bertz CT molecular complexity index is 351. The number of aliphatic carboxylic acids is 1. The maximum Gasteiger partial charge on any atom is 0.327 e. The molecule has 1 unspecified atom stereocenters. The Balaban J connectivity index is 2.71. The third kappa shape index (κ3) is 3.87. The van der Waals surface area contributed by atoms with Crippen LogP contribution in [-0.2, 0) is 4.79 Å². The normalized spacial score (nSPS) is 21.9. The molecule has 1 atom stereocenters. The Labute approximate surface area is 121 Å². The van der Waals surface area contributed by atoms with Crippen molar-refractivity contribution in [1.29, 1.82) is 0 Å². The zero-order chi connectivity index (χ0) is 15.3. The van der Waals surface area contributed by atoms with Crippen molar-refractivity contribution < 1.29 is 14.7 Å². The summed E-state index contributed by atoms with van der Waals surface area (Å²) in [5.41, 5.74) is -0.379. The van der Waals surface area contributed by atoms with Gasteiger partial charge in [-0.25, -0.2) is 9.59 Å². The molecule has 0 saturated carbocycles. The average Bonchev–Trinajstić information content (AvgIpc) is 2.37. The van der Waals surface area contributed by atoms with Gasteiger partial charge in [0.25, 0.3) is 0 Å². The first-order chi connectivity index (χ1) is 9.33. The number of nitrogens with one attached hydrogen (secondary N) is 1. The van der Waals surface area contributed by atoms with Crippen molar-refractivity contribution in [3.63, 3.8) is 0 Å². The lowest BCUT2D eigenvalue weighted by Crippen LogP contribution is -2.59. The standard InChI is InChI=1S/C15H28N2O3/c1-5-11(6-2)10-16-14(20)17-9-7-8-15(3,4)12(17)13(18)19/h11-12H,5-10H2,1-4H3,(H,16,20)(H,18,19). The summed E-state index contributed by atoms with van der Waals surface area (Å²) in [5, 5.41) is 12.3. The SMILES string of the molecule is CCC(CC)CNC(=O)N1CCCC(C)(C)C1C(=O)O. The van der Waals surface area contributed by atoms with Crippen molar-refractivity contribution in [3.05, 3.63) is 0 Å². The highest BCUT2D eigenvalue weighted by molar-refractivity contribution is 5.83. The number of amides is 2. The van der Waals surface area contributed by atoms with Gasteiger partial charge in [0.15, 0.2) is 0 Å². The van der Waals surface area contributed by atoms with E-state index in [2.05, 4.69) is 19.2 Å². The minimum absolute atomic E-state index is 0.239. The monoisotopic (exact) mass is 284 g/mol. The summed E-state index contributed by atoms with van der Waals surface area (Å²) < 4.78 is 0. The number of urea groups is 1. The molecule has 2 N–H and O–H groups in total. The van der Waals surface area contributed by atoms with Gasteiger partial charge in [-0.05, 0) is 24.2 Å². The number of hydrogen-bond donors (Lipinski definition) is 2. The molecule has 0 aromatic carbocycles. The van der Waals surface area contributed by atoms with E-state index in [1.165, 1.54) is 4.90 Å². The highest BCUT2D eigenvalue weighted by atomic mass is 16.4. The van der Waals surface area contributed by atoms with Crippen LogP contribution in [0.5, 0.6) is 0 Å². The lowest BCUT2D eigenvalue weighted by atomic mass is 9.76. The minimum atomic E-state index is -0.910. The first-order valence-electron chi connectivity index (χ1n) is 7.60. The molecule has 1 heterocycles. The molecule has 0 spiro atoms. The van der Waals surface area contributed by atoms with Gasteiger partial charge in [-0.3, -0.25) is 0 Å². The van der Waals surface area contributed by atoms with E-state index >= 15 is 0 Å². The van der Waals surface area contributed by atoms with Crippen LogP contribution in [0.15, 0.2) is 0 Å². The van der Waals surface area contributed by atoms with E-state index in [0.29, 0.717) is 19.0 Å².